The second-order valence-electron chi connectivity index (χ2n) is 5.21. The Bertz CT molecular complexity index is 404. The molecule has 0 aromatic heterocycles. The van der Waals surface area contributed by atoms with Gasteiger partial charge in [0.2, 0.25) is 0 Å². The predicted molar refractivity (Wildman–Crippen MR) is 73.9 cm³/mol. The Labute approximate surface area is 109 Å². The SMILES string of the molecule is Cc1cc(C)cc(C(=O)NCCCNC2CC2)c1. The Morgan fingerprint density at radius 1 is 1.17 bits per heavy atom. The molecular formula is C15H22N2O. The molecule has 1 aromatic rings. The Kier molecular flexibility index (Phi) is 4.37. The molecule has 18 heavy (non-hydrogen) atoms. The van der Waals surface area contributed by atoms with Gasteiger partial charge in [-0.2, -0.15) is 0 Å². The van der Waals surface area contributed by atoms with Gasteiger partial charge in [0, 0.05) is 18.2 Å². The van der Waals surface area contributed by atoms with E-state index in [0.29, 0.717) is 0 Å². The number of nitrogens with one attached hydrogen (secondary N) is 2. The minimum absolute atomic E-state index is 0.0354. The van der Waals surface area contributed by atoms with Crippen LogP contribution in [0.4, 0.5) is 0 Å². The van der Waals surface area contributed by atoms with E-state index in [1.54, 1.807) is 0 Å². The maximum Gasteiger partial charge on any atom is 0.251 e. The van der Waals surface area contributed by atoms with Crippen molar-refractivity contribution in [1.82, 2.24) is 10.6 Å². The van der Waals surface area contributed by atoms with Crippen LogP contribution in [-0.4, -0.2) is 25.0 Å². The van der Waals surface area contributed by atoms with Crippen molar-refractivity contribution in [3.05, 3.63) is 34.9 Å². The standard InChI is InChI=1S/C15H22N2O/c1-11-8-12(2)10-13(9-11)15(18)17-7-3-6-16-14-4-5-14/h8-10,14,16H,3-7H2,1-2H3,(H,17,18). The van der Waals surface area contributed by atoms with Crippen LogP contribution in [0, 0.1) is 13.8 Å². The summed E-state index contributed by atoms with van der Waals surface area (Å²) in [5.41, 5.74) is 3.04. The summed E-state index contributed by atoms with van der Waals surface area (Å²) in [6, 6.07) is 6.70. The monoisotopic (exact) mass is 246 g/mol. The molecule has 0 unspecified atom stereocenters. The quantitative estimate of drug-likeness (QED) is 0.755. The van der Waals surface area contributed by atoms with Crippen molar-refractivity contribution in [1.29, 1.82) is 0 Å². The van der Waals surface area contributed by atoms with Gasteiger partial charge in [-0.3, -0.25) is 4.79 Å². The van der Waals surface area contributed by atoms with E-state index >= 15 is 0 Å². The fraction of sp³-hybridized carbons (Fsp3) is 0.533. The first-order valence-corrected chi connectivity index (χ1v) is 6.75. The van der Waals surface area contributed by atoms with E-state index < -0.39 is 0 Å². The summed E-state index contributed by atoms with van der Waals surface area (Å²) in [7, 11) is 0. The molecule has 0 aliphatic heterocycles. The summed E-state index contributed by atoms with van der Waals surface area (Å²) in [6.07, 6.45) is 3.62. The average Bonchev–Trinajstić information content (AvgIpc) is 3.11. The molecule has 98 valence electrons. The van der Waals surface area contributed by atoms with Crippen molar-refractivity contribution in [2.45, 2.75) is 39.2 Å². The molecule has 1 aliphatic rings. The minimum Gasteiger partial charge on any atom is -0.352 e. The highest BCUT2D eigenvalue weighted by Crippen LogP contribution is 2.18. The van der Waals surface area contributed by atoms with E-state index in [2.05, 4.69) is 16.7 Å². The van der Waals surface area contributed by atoms with Crippen LogP contribution in [0.25, 0.3) is 0 Å². The van der Waals surface area contributed by atoms with Gasteiger partial charge in [-0.15, -0.1) is 0 Å². The van der Waals surface area contributed by atoms with Gasteiger partial charge in [-0.1, -0.05) is 17.2 Å². The van der Waals surface area contributed by atoms with Crippen molar-refractivity contribution >= 4 is 5.91 Å². The van der Waals surface area contributed by atoms with Crippen LogP contribution in [0.15, 0.2) is 18.2 Å². The summed E-state index contributed by atoms with van der Waals surface area (Å²) in [5, 5.41) is 6.41. The maximum atomic E-state index is 11.9. The van der Waals surface area contributed by atoms with Crippen LogP contribution in [0.1, 0.15) is 40.7 Å². The number of carbonyl (C=O) groups is 1. The summed E-state index contributed by atoms with van der Waals surface area (Å²) >= 11 is 0. The first-order chi connectivity index (χ1) is 8.65. The second kappa shape index (κ2) is 6.01. The molecule has 1 fully saturated rings. The van der Waals surface area contributed by atoms with Crippen molar-refractivity contribution < 1.29 is 4.79 Å². The number of benzene rings is 1. The molecule has 1 saturated carbocycles. The number of hydrogen-bond acceptors (Lipinski definition) is 2. The summed E-state index contributed by atoms with van der Waals surface area (Å²) in [6.45, 7) is 5.77. The highest BCUT2D eigenvalue weighted by molar-refractivity contribution is 5.94. The van der Waals surface area contributed by atoms with Gasteiger partial charge in [0.1, 0.15) is 0 Å². The Morgan fingerprint density at radius 2 is 1.83 bits per heavy atom. The van der Waals surface area contributed by atoms with Gasteiger partial charge in [-0.05, 0) is 51.8 Å². The number of aryl methyl sites for hydroxylation is 2. The lowest BCUT2D eigenvalue weighted by Crippen LogP contribution is -2.28. The highest BCUT2D eigenvalue weighted by atomic mass is 16.1. The van der Waals surface area contributed by atoms with Gasteiger partial charge < -0.3 is 10.6 Å². The molecule has 0 heterocycles. The number of carbonyl (C=O) groups excluding carboxylic acids is 1. The Hall–Kier alpha value is -1.35. The molecule has 0 spiro atoms. The Balaban J connectivity index is 1.72. The molecule has 2 rings (SSSR count). The molecule has 0 saturated heterocycles. The topological polar surface area (TPSA) is 41.1 Å². The third-order valence-corrected chi connectivity index (χ3v) is 3.13. The zero-order valence-electron chi connectivity index (χ0n) is 11.3. The summed E-state index contributed by atoms with van der Waals surface area (Å²) in [5.74, 6) is 0.0354. The highest BCUT2D eigenvalue weighted by Gasteiger charge is 2.19. The molecule has 0 radical (unpaired) electrons. The molecule has 0 bridgehead atoms. The first-order valence-electron chi connectivity index (χ1n) is 6.75. The maximum absolute atomic E-state index is 11.9. The average molecular weight is 246 g/mol. The van der Waals surface area contributed by atoms with Gasteiger partial charge in [0.25, 0.3) is 5.91 Å². The van der Waals surface area contributed by atoms with E-state index in [-0.39, 0.29) is 5.91 Å². The van der Waals surface area contributed by atoms with Crippen LogP contribution in [0.5, 0.6) is 0 Å². The van der Waals surface area contributed by atoms with Crippen LogP contribution < -0.4 is 10.6 Å². The molecular weight excluding hydrogens is 224 g/mol. The van der Waals surface area contributed by atoms with Crippen molar-refractivity contribution in [3.8, 4) is 0 Å². The normalized spacial score (nSPS) is 14.6. The van der Waals surface area contributed by atoms with E-state index in [4.69, 9.17) is 0 Å². The summed E-state index contributed by atoms with van der Waals surface area (Å²) in [4.78, 5) is 11.9. The second-order valence-corrected chi connectivity index (χ2v) is 5.21. The van der Waals surface area contributed by atoms with Gasteiger partial charge in [0.15, 0.2) is 0 Å². The van der Waals surface area contributed by atoms with Gasteiger partial charge >= 0.3 is 0 Å². The van der Waals surface area contributed by atoms with E-state index in [1.165, 1.54) is 12.8 Å². The predicted octanol–water partition coefficient (Wildman–Crippen LogP) is 2.18. The molecule has 2 N–H and O–H groups in total. The lowest BCUT2D eigenvalue weighted by atomic mass is 10.1. The lowest BCUT2D eigenvalue weighted by Gasteiger charge is -2.07. The molecule has 3 nitrogen and oxygen atoms in total. The molecule has 1 aromatic carbocycles. The van der Waals surface area contributed by atoms with Crippen molar-refractivity contribution in [2.75, 3.05) is 13.1 Å². The molecule has 1 aliphatic carbocycles. The molecule has 1 amide bonds. The van der Waals surface area contributed by atoms with Crippen molar-refractivity contribution in [3.63, 3.8) is 0 Å². The zero-order chi connectivity index (χ0) is 13.0. The smallest absolute Gasteiger partial charge is 0.251 e. The van der Waals surface area contributed by atoms with E-state index in [9.17, 15) is 4.79 Å². The summed E-state index contributed by atoms with van der Waals surface area (Å²) < 4.78 is 0. The fourth-order valence-corrected chi connectivity index (χ4v) is 2.09. The van der Waals surface area contributed by atoms with Gasteiger partial charge in [0.05, 0.1) is 0 Å². The fourth-order valence-electron chi connectivity index (χ4n) is 2.09. The number of hydrogen-bond donors (Lipinski definition) is 2. The first kappa shape index (κ1) is 13.1. The van der Waals surface area contributed by atoms with Crippen LogP contribution in [0.3, 0.4) is 0 Å². The number of amides is 1. The molecule has 0 atom stereocenters. The number of rotatable bonds is 6. The van der Waals surface area contributed by atoms with Crippen LogP contribution in [-0.2, 0) is 0 Å². The zero-order valence-corrected chi connectivity index (χ0v) is 11.3. The third kappa shape index (κ3) is 4.15. The van der Waals surface area contributed by atoms with Crippen molar-refractivity contribution in [2.24, 2.45) is 0 Å². The third-order valence-electron chi connectivity index (χ3n) is 3.13. The Morgan fingerprint density at radius 3 is 2.44 bits per heavy atom. The van der Waals surface area contributed by atoms with Crippen LogP contribution >= 0.6 is 0 Å². The lowest BCUT2D eigenvalue weighted by molar-refractivity contribution is 0.0953. The van der Waals surface area contributed by atoms with E-state index in [1.807, 2.05) is 26.0 Å². The largest absolute Gasteiger partial charge is 0.352 e. The molecule has 3 heteroatoms. The van der Waals surface area contributed by atoms with Crippen LogP contribution in [0.2, 0.25) is 0 Å². The van der Waals surface area contributed by atoms with Gasteiger partial charge in [-0.25, -0.2) is 0 Å². The minimum atomic E-state index is 0.0354. The van der Waals surface area contributed by atoms with E-state index in [0.717, 1.165) is 42.2 Å².